The fourth-order valence-electron chi connectivity index (χ4n) is 3.77. The summed E-state index contributed by atoms with van der Waals surface area (Å²) >= 11 is 7.44. The molecular weight excluding hydrogens is 434 g/mol. The number of rotatable bonds is 5. The first-order chi connectivity index (χ1) is 14.9. The molecule has 1 aliphatic rings. The number of hydrogen-bond donors (Lipinski definition) is 2. The van der Waals surface area contributed by atoms with Crippen molar-refractivity contribution in [3.05, 3.63) is 69.7 Å². The van der Waals surface area contributed by atoms with Crippen molar-refractivity contribution in [2.75, 3.05) is 18.0 Å². The molecule has 1 fully saturated rings. The summed E-state index contributed by atoms with van der Waals surface area (Å²) in [5.74, 6) is -1.07. The summed E-state index contributed by atoms with van der Waals surface area (Å²) in [5, 5.41) is 13.8. The van der Waals surface area contributed by atoms with Gasteiger partial charge in [0.25, 0.3) is 5.91 Å². The van der Waals surface area contributed by atoms with E-state index in [0.29, 0.717) is 22.1 Å². The van der Waals surface area contributed by atoms with Gasteiger partial charge in [0.05, 0.1) is 11.3 Å². The van der Waals surface area contributed by atoms with Gasteiger partial charge < -0.3 is 15.3 Å². The maximum Gasteiger partial charge on any atom is 0.335 e. The molecule has 0 unspecified atom stereocenters. The Balaban J connectivity index is 1.46. The van der Waals surface area contributed by atoms with E-state index in [2.05, 4.69) is 15.2 Å². The van der Waals surface area contributed by atoms with Crippen LogP contribution in [-0.2, 0) is 0 Å². The van der Waals surface area contributed by atoms with Gasteiger partial charge in [0.1, 0.15) is 9.88 Å². The summed E-state index contributed by atoms with van der Waals surface area (Å²) in [5.41, 5.74) is 2.70. The van der Waals surface area contributed by atoms with Crippen LogP contribution >= 0.6 is 22.9 Å². The highest BCUT2D eigenvalue weighted by atomic mass is 35.5. The van der Waals surface area contributed by atoms with Gasteiger partial charge >= 0.3 is 5.97 Å². The summed E-state index contributed by atoms with van der Waals surface area (Å²) < 4.78 is 0. The number of carboxylic acid groups (broad SMARTS) is 1. The van der Waals surface area contributed by atoms with Crippen molar-refractivity contribution in [3.8, 4) is 10.6 Å². The molecule has 1 aromatic heterocycles. The number of carboxylic acids is 1. The number of aromatic carboxylic acids is 1. The van der Waals surface area contributed by atoms with Gasteiger partial charge in [-0.3, -0.25) is 4.79 Å². The van der Waals surface area contributed by atoms with Crippen LogP contribution in [0.15, 0.2) is 48.5 Å². The van der Waals surface area contributed by atoms with E-state index in [1.807, 2.05) is 31.2 Å². The minimum absolute atomic E-state index is 0.0224. The van der Waals surface area contributed by atoms with Crippen LogP contribution in [0.2, 0.25) is 5.02 Å². The van der Waals surface area contributed by atoms with Gasteiger partial charge in [-0.1, -0.05) is 29.8 Å². The average Bonchev–Trinajstić information content (AvgIpc) is 3.16. The second-order valence-electron chi connectivity index (χ2n) is 7.56. The standard InChI is InChI=1S/C23H22ClN3O3S/c1-14-20(31-22(25-14)15-5-2-7-17(24)11-15)21(28)26-18-8-4-10-27(13-18)19-9-3-6-16(12-19)23(29)30/h2-3,5-7,9,11-12,18H,4,8,10,13H2,1H3,(H,26,28)(H,29,30)/t18-/m0/s1. The topological polar surface area (TPSA) is 82.5 Å². The lowest BCUT2D eigenvalue weighted by atomic mass is 10.0. The first-order valence-electron chi connectivity index (χ1n) is 10.0. The molecule has 0 spiro atoms. The Bertz CT molecular complexity index is 1130. The fourth-order valence-corrected chi connectivity index (χ4v) is 4.92. The molecule has 1 atom stereocenters. The normalized spacial score (nSPS) is 16.2. The maximum atomic E-state index is 13.0. The third-order valence-corrected chi connectivity index (χ3v) is 6.73. The quantitative estimate of drug-likeness (QED) is 0.573. The number of thiazole rings is 1. The van der Waals surface area contributed by atoms with Crippen LogP contribution in [0.25, 0.3) is 10.6 Å². The van der Waals surface area contributed by atoms with E-state index >= 15 is 0 Å². The highest BCUT2D eigenvalue weighted by Crippen LogP contribution is 2.30. The molecule has 1 aliphatic heterocycles. The van der Waals surface area contributed by atoms with Gasteiger partial charge in [-0.05, 0) is 50.1 Å². The molecule has 4 rings (SSSR count). The lowest BCUT2D eigenvalue weighted by molar-refractivity contribution is 0.0696. The lowest BCUT2D eigenvalue weighted by Crippen LogP contribution is -2.47. The number of nitrogens with one attached hydrogen (secondary N) is 1. The molecule has 0 saturated carbocycles. The van der Waals surface area contributed by atoms with Gasteiger partial charge in [-0.25, -0.2) is 9.78 Å². The molecule has 2 aromatic carbocycles. The van der Waals surface area contributed by atoms with Gasteiger partial charge in [0.2, 0.25) is 0 Å². The smallest absolute Gasteiger partial charge is 0.335 e. The number of amides is 1. The second-order valence-corrected chi connectivity index (χ2v) is 8.99. The zero-order valence-corrected chi connectivity index (χ0v) is 18.5. The Morgan fingerprint density at radius 3 is 2.81 bits per heavy atom. The summed E-state index contributed by atoms with van der Waals surface area (Å²) in [7, 11) is 0. The molecular formula is C23H22ClN3O3S. The summed E-state index contributed by atoms with van der Waals surface area (Å²) in [6.45, 7) is 3.30. The van der Waals surface area contributed by atoms with E-state index in [1.54, 1.807) is 24.3 Å². The Kier molecular flexibility index (Phi) is 6.25. The number of aromatic nitrogens is 1. The number of hydrogen-bond acceptors (Lipinski definition) is 5. The molecule has 0 radical (unpaired) electrons. The summed E-state index contributed by atoms with van der Waals surface area (Å²) in [6, 6.07) is 14.3. The van der Waals surface area contributed by atoms with E-state index in [0.717, 1.165) is 35.6 Å². The highest BCUT2D eigenvalue weighted by molar-refractivity contribution is 7.17. The Labute approximate surface area is 189 Å². The summed E-state index contributed by atoms with van der Waals surface area (Å²) in [4.78, 5) is 31.5. The molecule has 6 nitrogen and oxygen atoms in total. The molecule has 1 saturated heterocycles. The molecule has 8 heteroatoms. The fraction of sp³-hybridized carbons (Fsp3) is 0.261. The van der Waals surface area contributed by atoms with Crippen LogP contribution in [-0.4, -0.2) is 41.1 Å². The first-order valence-corrected chi connectivity index (χ1v) is 11.2. The van der Waals surface area contributed by atoms with E-state index in [-0.39, 0.29) is 17.5 Å². The van der Waals surface area contributed by atoms with Crippen LogP contribution in [0.5, 0.6) is 0 Å². The number of carbonyl (C=O) groups is 2. The molecule has 31 heavy (non-hydrogen) atoms. The minimum Gasteiger partial charge on any atom is -0.478 e. The van der Waals surface area contributed by atoms with E-state index in [4.69, 9.17) is 11.6 Å². The van der Waals surface area contributed by atoms with Crippen molar-refractivity contribution in [2.45, 2.75) is 25.8 Å². The largest absolute Gasteiger partial charge is 0.478 e. The van der Waals surface area contributed by atoms with Gasteiger partial charge in [-0.2, -0.15) is 0 Å². The average molecular weight is 456 g/mol. The number of carbonyl (C=O) groups excluding carboxylic acids is 1. The second kappa shape index (κ2) is 9.08. The highest BCUT2D eigenvalue weighted by Gasteiger charge is 2.24. The predicted octanol–water partition coefficient (Wildman–Crippen LogP) is 4.87. The number of aryl methyl sites for hydroxylation is 1. The van der Waals surface area contributed by atoms with Crippen LogP contribution in [0.1, 0.15) is 38.6 Å². The lowest BCUT2D eigenvalue weighted by Gasteiger charge is -2.34. The molecule has 2 N–H and O–H groups in total. The molecule has 0 bridgehead atoms. The van der Waals surface area contributed by atoms with Crippen molar-refractivity contribution < 1.29 is 14.7 Å². The molecule has 0 aliphatic carbocycles. The van der Waals surface area contributed by atoms with Crippen LogP contribution in [0.3, 0.4) is 0 Å². The van der Waals surface area contributed by atoms with Crippen molar-refractivity contribution in [3.63, 3.8) is 0 Å². The van der Waals surface area contributed by atoms with Gasteiger partial charge in [-0.15, -0.1) is 11.3 Å². The number of benzene rings is 2. The summed E-state index contributed by atoms with van der Waals surface area (Å²) in [6.07, 6.45) is 1.79. The molecule has 2 heterocycles. The van der Waals surface area contributed by atoms with Crippen molar-refractivity contribution in [2.24, 2.45) is 0 Å². The van der Waals surface area contributed by atoms with Crippen molar-refractivity contribution >= 4 is 40.5 Å². The van der Waals surface area contributed by atoms with Crippen LogP contribution < -0.4 is 10.2 Å². The molecule has 1 amide bonds. The number of anilines is 1. The van der Waals surface area contributed by atoms with Gasteiger partial charge in [0.15, 0.2) is 0 Å². The number of piperidine rings is 1. The van der Waals surface area contributed by atoms with Gasteiger partial charge in [0, 0.05) is 35.4 Å². The minimum atomic E-state index is -0.945. The van der Waals surface area contributed by atoms with Crippen molar-refractivity contribution in [1.29, 1.82) is 0 Å². The SMILES string of the molecule is Cc1nc(-c2cccc(Cl)c2)sc1C(=O)N[C@H]1CCCN(c2cccc(C(=O)O)c2)C1. The maximum absolute atomic E-state index is 13.0. The zero-order valence-electron chi connectivity index (χ0n) is 17.0. The van der Waals surface area contributed by atoms with Crippen molar-refractivity contribution in [1.82, 2.24) is 10.3 Å². The van der Waals surface area contributed by atoms with Crippen LogP contribution in [0, 0.1) is 6.92 Å². The zero-order chi connectivity index (χ0) is 22.0. The number of halogens is 1. The predicted molar refractivity (Wildman–Crippen MR) is 123 cm³/mol. The van der Waals surface area contributed by atoms with E-state index in [9.17, 15) is 14.7 Å². The third kappa shape index (κ3) is 4.89. The van der Waals surface area contributed by atoms with Crippen LogP contribution in [0.4, 0.5) is 5.69 Å². The Morgan fingerprint density at radius 2 is 2.03 bits per heavy atom. The third-order valence-electron chi connectivity index (χ3n) is 5.29. The monoisotopic (exact) mass is 455 g/mol. The Morgan fingerprint density at radius 1 is 1.23 bits per heavy atom. The molecule has 160 valence electrons. The first kappa shape index (κ1) is 21.3. The van der Waals surface area contributed by atoms with E-state index < -0.39 is 5.97 Å². The number of nitrogens with zero attached hydrogens (tertiary/aromatic N) is 2. The van der Waals surface area contributed by atoms with E-state index in [1.165, 1.54) is 11.3 Å². The molecule has 3 aromatic rings. The Hall–Kier alpha value is -2.90.